The zero-order chi connectivity index (χ0) is 18.0. The second kappa shape index (κ2) is 7.45. The molecule has 0 bridgehead atoms. The molecule has 0 aliphatic carbocycles. The van der Waals surface area contributed by atoms with Crippen LogP contribution in [0.5, 0.6) is 5.75 Å². The lowest BCUT2D eigenvalue weighted by atomic mass is 9.85. The van der Waals surface area contributed by atoms with Crippen LogP contribution in [0.4, 0.5) is 0 Å². The first-order chi connectivity index (χ1) is 11.1. The Balaban J connectivity index is 1.96. The van der Waals surface area contributed by atoms with Gasteiger partial charge in [-0.05, 0) is 42.7 Å². The van der Waals surface area contributed by atoms with E-state index in [-0.39, 0.29) is 5.41 Å². The van der Waals surface area contributed by atoms with Crippen LogP contribution in [0.15, 0.2) is 18.2 Å². The Morgan fingerprint density at radius 2 is 1.88 bits per heavy atom. The van der Waals surface area contributed by atoms with Gasteiger partial charge in [0.2, 0.25) is 0 Å². The molecular formula is C21H36NO2+. The summed E-state index contributed by atoms with van der Waals surface area (Å²) in [5, 5.41) is 10.5. The summed E-state index contributed by atoms with van der Waals surface area (Å²) in [6.45, 7) is 14.5. The van der Waals surface area contributed by atoms with Crippen LogP contribution in [0.3, 0.4) is 0 Å². The van der Waals surface area contributed by atoms with Crippen LogP contribution in [-0.2, 0) is 5.41 Å². The van der Waals surface area contributed by atoms with Crippen molar-refractivity contribution in [1.29, 1.82) is 0 Å². The summed E-state index contributed by atoms with van der Waals surface area (Å²) < 4.78 is 7.00. The van der Waals surface area contributed by atoms with E-state index in [1.807, 2.05) is 6.07 Å². The number of piperidine rings is 1. The number of quaternary nitrogens is 1. The molecule has 1 heterocycles. The number of nitrogens with zero attached hydrogens (tertiary/aromatic N) is 1. The molecule has 2 rings (SSSR count). The molecule has 136 valence electrons. The predicted molar refractivity (Wildman–Crippen MR) is 101 cm³/mol. The van der Waals surface area contributed by atoms with E-state index >= 15 is 0 Å². The SMILES string of the molecule is Cc1ccc(OCC(O)C[N+]2(C)CCC(C)CC2)c(C(C)(C)C)c1. The third-order valence-electron chi connectivity index (χ3n) is 5.35. The number of likely N-dealkylation sites (tertiary alicyclic amines) is 1. The minimum Gasteiger partial charge on any atom is -0.490 e. The van der Waals surface area contributed by atoms with Gasteiger partial charge in [-0.25, -0.2) is 0 Å². The molecule has 1 fully saturated rings. The molecule has 1 aliphatic rings. The zero-order valence-corrected chi connectivity index (χ0v) is 16.4. The van der Waals surface area contributed by atoms with Gasteiger partial charge >= 0.3 is 0 Å². The van der Waals surface area contributed by atoms with Gasteiger partial charge < -0.3 is 14.3 Å². The first-order valence-corrected chi connectivity index (χ1v) is 9.35. The Hall–Kier alpha value is -1.06. The van der Waals surface area contributed by atoms with Crippen LogP contribution in [0, 0.1) is 12.8 Å². The molecule has 1 N–H and O–H groups in total. The Labute approximate surface area is 148 Å². The molecule has 1 atom stereocenters. The van der Waals surface area contributed by atoms with Crippen LogP contribution in [0.1, 0.15) is 51.7 Å². The summed E-state index contributed by atoms with van der Waals surface area (Å²) in [4.78, 5) is 0. The number of hydrogen-bond acceptors (Lipinski definition) is 2. The van der Waals surface area contributed by atoms with E-state index in [1.165, 1.54) is 24.0 Å². The standard InChI is InChI=1S/C21H36NO2/c1-16-9-11-22(6,12-10-16)14-18(23)15-24-20-8-7-17(2)13-19(20)21(3,4)5/h7-8,13,16,18,23H,9-12,14-15H2,1-6H3/q+1. The fraction of sp³-hybridized carbons (Fsp3) is 0.714. The molecule has 0 aromatic heterocycles. The number of benzene rings is 1. The Morgan fingerprint density at radius 1 is 1.25 bits per heavy atom. The van der Waals surface area contributed by atoms with Gasteiger partial charge in [0.15, 0.2) is 0 Å². The molecule has 3 nitrogen and oxygen atoms in total. The molecule has 0 amide bonds. The molecule has 24 heavy (non-hydrogen) atoms. The summed E-state index contributed by atoms with van der Waals surface area (Å²) in [6, 6.07) is 6.32. The Bertz CT molecular complexity index is 539. The van der Waals surface area contributed by atoms with Gasteiger partial charge in [-0.3, -0.25) is 0 Å². The highest BCUT2D eigenvalue weighted by Gasteiger charge is 2.31. The van der Waals surface area contributed by atoms with E-state index < -0.39 is 6.10 Å². The lowest BCUT2D eigenvalue weighted by molar-refractivity contribution is -0.918. The summed E-state index contributed by atoms with van der Waals surface area (Å²) in [5.74, 6) is 1.73. The second-order valence-corrected chi connectivity index (χ2v) is 9.15. The quantitative estimate of drug-likeness (QED) is 0.827. The topological polar surface area (TPSA) is 29.5 Å². The molecule has 3 heteroatoms. The van der Waals surface area contributed by atoms with Crippen molar-refractivity contribution >= 4 is 0 Å². The third-order valence-corrected chi connectivity index (χ3v) is 5.35. The highest BCUT2D eigenvalue weighted by molar-refractivity contribution is 5.41. The lowest BCUT2D eigenvalue weighted by Crippen LogP contribution is -2.54. The third kappa shape index (κ3) is 5.22. The number of hydrogen-bond donors (Lipinski definition) is 1. The molecule has 1 aromatic rings. The van der Waals surface area contributed by atoms with Crippen molar-refractivity contribution in [2.24, 2.45) is 5.92 Å². The molecule has 0 saturated carbocycles. The van der Waals surface area contributed by atoms with Crippen molar-refractivity contribution in [3.8, 4) is 5.75 Å². The predicted octanol–water partition coefficient (Wildman–Crippen LogP) is 3.91. The maximum absolute atomic E-state index is 10.5. The highest BCUT2D eigenvalue weighted by atomic mass is 16.5. The van der Waals surface area contributed by atoms with E-state index in [0.29, 0.717) is 6.61 Å². The van der Waals surface area contributed by atoms with Crippen molar-refractivity contribution < 1.29 is 14.3 Å². The number of ether oxygens (including phenoxy) is 1. The number of aliphatic hydroxyl groups excluding tert-OH is 1. The lowest BCUT2D eigenvalue weighted by Gasteiger charge is -2.41. The van der Waals surface area contributed by atoms with Crippen LogP contribution in [0.25, 0.3) is 0 Å². The first-order valence-electron chi connectivity index (χ1n) is 9.35. The second-order valence-electron chi connectivity index (χ2n) is 9.15. The van der Waals surface area contributed by atoms with Gasteiger partial charge in [0.05, 0.1) is 20.1 Å². The van der Waals surface area contributed by atoms with E-state index in [0.717, 1.165) is 35.8 Å². The first kappa shape index (κ1) is 19.3. The monoisotopic (exact) mass is 334 g/mol. The fourth-order valence-electron chi connectivity index (χ4n) is 3.61. The highest BCUT2D eigenvalue weighted by Crippen LogP contribution is 2.32. The summed E-state index contributed by atoms with van der Waals surface area (Å²) in [5.41, 5.74) is 2.49. The average Bonchev–Trinajstić information content (AvgIpc) is 2.48. The summed E-state index contributed by atoms with van der Waals surface area (Å²) in [7, 11) is 2.27. The van der Waals surface area contributed by atoms with Crippen LogP contribution in [-0.4, -0.2) is 49.0 Å². The van der Waals surface area contributed by atoms with Gasteiger partial charge in [-0.15, -0.1) is 0 Å². The average molecular weight is 335 g/mol. The molecule has 1 aliphatic heterocycles. The van der Waals surface area contributed by atoms with Crippen molar-refractivity contribution in [3.05, 3.63) is 29.3 Å². The zero-order valence-electron chi connectivity index (χ0n) is 16.4. The van der Waals surface area contributed by atoms with Gasteiger partial charge in [-0.1, -0.05) is 45.4 Å². The summed E-state index contributed by atoms with van der Waals surface area (Å²) >= 11 is 0. The number of likely N-dealkylation sites (N-methyl/N-ethyl adjacent to an activating group) is 1. The van der Waals surface area contributed by atoms with Crippen molar-refractivity contribution in [3.63, 3.8) is 0 Å². The van der Waals surface area contributed by atoms with Crippen LogP contribution < -0.4 is 4.74 Å². The van der Waals surface area contributed by atoms with Crippen LogP contribution >= 0.6 is 0 Å². The Kier molecular flexibility index (Phi) is 5.98. The molecule has 1 saturated heterocycles. The maximum atomic E-state index is 10.5. The molecule has 0 radical (unpaired) electrons. The minimum atomic E-state index is -0.419. The normalized spacial score (nSPS) is 26.2. The molecule has 0 spiro atoms. The fourth-order valence-corrected chi connectivity index (χ4v) is 3.61. The van der Waals surface area contributed by atoms with Gasteiger partial charge in [-0.2, -0.15) is 0 Å². The van der Waals surface area contributed by atoms with Crippen molar-refractivity contribution in [1.82, 2.24) is 0 Å². The van der Waals surface area contributed by atoms with Crippen molar-refractivity contribution in [2.75, 3.05) is 33.3 Å². The largest absolute Gasteiger partial charge is 0.490 e. The Morgan fingerprint density at radius 3 is 2.46 bits per heavy atom. The smallest absolute Gasteiger partial charge is 0.137 e. The van der Waals surface area contributed by atoms with E-state index in [2.05, 4.69) is 53.8 Å². The minimum absolute atomic E-state index is 0.0356. The van der Waals surface area contributed by atoms with E-state index in [4.69, 9.17) is 4.74 Å². The van der Waals surface area contributed by atoms with Crippen molar-refractivity contribution in [2.45, 2.75) is 59.0 Å². The van der Waals surface area contributed by atoms with Gasteiger partial charge in [0.25, 0.3) is 0 Å². The van der Waals surface area contributed by atoms with E-state index in [1.54, 1.807) is 0 Å². The summed E-state index contributed by atoms with van der Waals surface area (Å²) in [6.07, 6.45) is 2.10. The molecule has 1 aromatic carbocycles. The van der Waals surface area contributed by atoms with Crippen LogP contribution in [0.2, 0.25) is 0 Å². The van der Waals surface area contributed by atoms with Gasteiger partial charge in [0.1, 0.15) is 25.0 Å². The number of aryl methyl sites for hydroxylation is 1. The number of aliphatic hydroxyl groups is 1. The number of rotatable bonds is 5. The van der Waals surface area contributed by atoms with E-state index in [9.17, 15) is 5.11 Å². The molecule has 1 unspecified atom stereocenters. The maximum Gasteiger partial charge on any atom is 0.137 e. The van der Waals surface area contributed by atoms with Gasteiger partial charge in [0, 0.05) is 0 Å². The molecular weight excluding hydrogens is 298 g/mol.